The fourth-order valence-corrected chi connectivity index (χ4v) is 3.61. The molecule has 0 unspecified atom stereocenters. The monoisotopic (exact) mass is 385 g/mol. The number of nitrogens with one attached hydrogen (secondary N) is 1. The maximum Gasteiger partial charge on any atom is 0.573 e. The van der Waals surface area contributed by atoms with Crippen LogP contribution in [0.2, 0.25) is 0 Å². The Morgan fingerprint density at radius 2 is 1.73 bits per heavy atom. The molecule has 0 aliphatic heterocycles. The molecule has 3 aromatic rings. The summed E-state index contributed by atoms with van der Waals surface area (Å²) in [4.78, 5) is -0.185. The Hall–Kier alpha value is -2.52. The highest BCUT2D eigenvalue weighted by molar-refractivity contribution is 7.89. The van der Waals surface area contributed by atoms with E-state index in [2.05, 4.69) is 9.46 Å². The summed E-state index contributed by atoms with van der Waals surface area (Å²) in [7, 11) is -3.95. The molecule has 0 aliphatic carbocycles. The van der Waals surface area contributed by atoms with Crippen LogP contribution < -0.4 is 9.46 Å². The van der Waals surface area contributed by atoms with Crippen molar-refractivity contribution in [3.05, 3.63) is 60.4 Å². The summed E-state index contributed by atoms with van der Waals surface area (Å²) in [5.41, 5.74) is 0.627. The van der Waals surface area contributed by atoms with Crippen molar-refractivity contribution in [1.82, 2.24) is 4.72 Å². The Morgan fingerprint density at radius 3 is 2.35 bits per heavy atom. The number of ether oxygens (including phenoxy) is 1. The third-order valence-corrected chi connectivity index (χ3v) is 5.13. The van der Waals surface area contributed by atoms with E-state index in [9.17, 15) is 21.6 Å². The molecule has 0 spiro atoms. The number of fused-ring (bicyclic) bond motifs is 1. The van der Waals surface area contributed by atoms with Gasteiger partial charge in [-0.05, 0) is 43.3 Å². The third kappa shape index (κ3) is 4.17. The van der Waals surface area contributed by atoms with Crippen LogP contribution in [-0.2, 0) is 10.0 Å². The van der Waals surface area contributed by atoms with E-state index in [0.29, 0.717) is 11.3 Å². The van der Waals surface area contributed by atoms with E-state index in [1.54, 1.807) is 25.1 Å². The average molecular weight is 385 g/mol. The summed E-state index contributed by atoms with van der Waals surface area (Å²) in [6, 6.07) is 12.2. The van der Waals surface area contributed by atoms with Crippen molar-refractivity contribution in [2.75, 3.05) is 0 Å². The molecule has 1 N–H and O–H groups in total. The van der Waals surface area contributed by atoms with Gasteiger partial charge in [0.1, 0.15) is 17.1 Å². The van der Waals surface area contributed by atoms with E-state index >= 15 is 0 Å². The highest BCUT2D eigenvalue weighted by atomic mass is 32.2. The molecule has 0 radical (unpaired) electrons. The maximum absolute atomic E-state index is 12.4. The second kappa shape index (κ2) is 6.65. The van der Waals surface area contributed by atoms with Crippen LogP contribution in [0.15, 0.2) is 63.9 Å². The molecule has 0 bridgehead atoms. The third-order valence-electron chi connectivity index (χ3n) is 3.57. The first-order valence-electron chi connectivity index (χ1n) is 7.51. The van der Waals surface area contributed by atoms with E-state index in [0.717, 1.165) is 29.7 Å². The molecule has 0 amide bonds. The molecule has 0 aliphatic rings. The van der Waals surface area contributed by atoms with Crippen molar-refractivity contribution in [1.29, 1.82) is 0 Å². The normalized spacial score (nSPS) is 13.7. The topological polar surface area (TPSA) is 68.5 Å². The van der Waals surface area contributed by atoms with Crippen LogP contribution in [0.5, 0.6) is 5.75 Å². The summed E-state index contributed by atoms with van der Waals surface area (Å²) < 4.78 is 73.1. The molecule has 1 heterocycles. The van der Waals surface area contributed by atoms with Crippen LogP contribution in [0.1, 0.15) is 18.7 Å². The summed E-state index contributed by atoms with van der Waals surface area (Å²) in [5, 5.41) is 0.835. The predicted molar refractivity (Wildman–Crippen MR) is 88.1 cm³/mol. The smallest absolute Gasteiger partial charge is 0.459 e. The van der Waals surface area contributed by atoms with Gasteiger partial charge in [0.15, 0.2) is 0 Å². The first kappa shape index (κ1) is 18.3. The molecule has 138 valence electrons. The molecular weight excluding hydrogens is 371 g/mol. The van der Waals surface area contributed by atoms with Gasteiger partial charge < -0.3 is 9.15 Å². The van der Waals surface area contributed by atoms with Gasteiger partial charge in [0.25, 0.3) is 0 Å². The number of sulfonamides is 1. The zero-order valence-electron chi connectivity index (χ0n) is 13.4. The number of rotatable bonds is 5. The summed E-state index contributed by atoms with van der Waals surface area (Å²) in [6.45, 7) is 1.61. The second-order valence-electron chi connectivity index (χ2n) is 5.55. The molecule has 1 aromatic heterocycles. The van der Waals surface area contributed by atoms with Gasteiger partial charge in [0, 0.05) is 5.39 Å². The van der Waals surface area contributed by atoms with Crippen molar-refractivity contribution >= 4 is 21.0 Å². The Bertz CT molecular complexity index is 977. The second-order valence-corrected chi connectivity index (χ2v) is 7.26. The molecule has 26 heavy (non-hydrogen) atoms. The molecule has 5 nitrogen and oxygen atoms in total. The van der Waals surface area contributed by atoms with Gasteiger partial charge in [-0.1, -0.05) is 18.2 Å². The lowest BCUT2D eigenvalue weighted by Gasteiger charge is -2.13. The SMILES string of the molecule is C[C@H](NS(=O)(=O)c1ccc(OC(F)(F)F)cc1)c1cc2ccccc2o1. The number of hydrogen-bond acceptors (Lipinski definition) is 4. The largest absolute Gasteiger partial charge is 0.573 e. The minimum absolute atomic E-state index is 0.185. The van der Waals surface area contributed by atoms with Crippen molar-refractivity contribution in [2.24, 2.45) is 0 Å². The Kier molecular flexibility index (Phi) is 4.68. The van der Waals surface area contributed by atoms with Gasteiger partial charge in [0.2, 0.25) is 10.0 Å². The first-order chi connectivity index (χ1) is 12.1. The molecular formula is C17H14F3NO4S. The number of furan rings is 1. The van der Waals surface area contributed by atoms with Gasteiger partial charge in [-0.15, -0.1) is 13.2 Å². The minimum atomic E-state index is -4.84. The predicted octanol–water partition coefficient (Wildman–Crippen LogP) is 4.37. The average Bonchev–Trinajstić information content (AvgIpc) is 2.97. The van der Waals surface area contributed by atoms with Crippen LogP contribution in [0.3, 0.4) is 0 Å². The lowest BCUT2D eigenvalue weighted by molar-refractivity contribution is -0.274. The molecule has 1 atom stereocenters. The lowest BCUT2D eigenvalue weighted by atomic mass is 10.2. The van der Waals surface area contributed by atoms with Crippen LogP contribution >= 0.6 is 0 Å². The summed E-state index contributed by atoms with van der Waals surface area (Å²) >= 11 is 0. The molecule has 3 rings (SSSR count). The molecule has 9 heteroatoms. The van der Waals surface area contributed by atoms with Gasteiger partial charge in [-0.2, -0.15) is 0 Å². The lowest BCUT2D eigenvalue weighted by Crippen LogP contribution is -2.26. The highest BCUT2D eigenvalue weighted by Crippen LogP contribution is 2.26. The molecule has 0 fully saturated rings. The highest BCUT2D eigenvalue weighted by Gasteiger charge is 2.31. The molecule has 0 saturated carbocycles. The van der Waals surface area contributed by atoms with Gasteiger partial charge in [0.05, 0.1) is 10.9 Å². The van der Waals surface area contributed by atoms with E-state index in [1.807, 2.05) is 12.1 Å². The standard InChI is InChI=1S/C17H14F3NO4S/c1-11(16-10-12-4-2-3-5-15(12)24-16)21-26(22,23)14-8-6-13(7-9-14)25-17(18,19)20/h2-11,21H,1H3/t11-/m0/s1. The number of hydrogen-bond donors (Lipinski definition) is 1. The molecule has 0 saturated heterocycles. The summed E-state index contributed by atoms with van der Waals surface area (Å²) in [5.74, 6) is -0.0754. The number of para-hydroxylation sites is 1. The van der Waals surface area contributed by atoms with Crippen LogP contribution in [0.4, 0.5) is 13.2 Å². The van der Waals surface area contributed by atoms with Crippen molar-refractivity contribution < 1.29 is 30.7 Å². The van der Waals surface area contributed by atoms with Crippen molar-refractivity contribution in [3.63, 3.8) is 0 Å². The maximum atomic E-state index is 12.4. The van der Waals surface area contributed by atoms with Crippen LogP contribution in [0.25, 0.3) is 11.0 Å². The fourth-order valence-electron chi connectivity index (χ4n) is 2.40. The van der Waals surface area contributed by atoms with Crippen LogP contribution in [-0.4, -0.2) is 14.8 Å². The zero-order chi connectivity index (χ0) is 18.9. The zero-order valence-corrected chi connectivity index (χ0v) is 14.3. The van der Waals surface area contributed by atoms with Crippen molar-refractivity contribution in [2.45, 2.75) is 24.2 Å². The fraction of sp³-hybridized carbons (Fsp3) is 0.176. The number of benzene rings is 2. The van der Waals surface area contributed by atoms with E-state index in [-0.39, 0.29) is 4.90 Å². The van der Waals surface area contributed by atoms with Crippen LogP contribution in [0, 0.1) is 0 Å². The molecule has 2 aromatic carbocycles. The quantitative estimate of drug-likeness (QED) is 0.708. The van der Waals surface area contributed by atoms with Gasteiger partial charge in [-0.3, -0.25) is 0 Å². The number of alkyl halides is 3. The Morgan fingerprint density at radius 1 is 1.08 bits per heavy atom. The summed E-state index contributed by atoms with van der Waals surface area (Å²) in [6.07, 6.45) is -4.84. The Labute approximate surface area is 147 Å². The van der Waals surface area contributed by atoms with Crippen molar-refractivity contribution in [3.8, 4) is 5.75 Å². The first-order valence-corrected chi connectivity index (χ1v) is 8.99. The van der Waals surface area contributed by atoms with E-state index in [1.165, 1.54) is 0 Å². The Balaban J connectivity index is 1.77. The van der Waals surface area contributed by atoms with Gasteiger partial charge in [-0.25, -0.2) is 13.1 Å². The van der Waals surface area contributed by atoms with E-state index < -0.39 is 28.2 Å². The van der Waals surface area contributed by atoms with Gasteiger partial charge >= 0.3 is 6.36 Å². The number of halogens is 3. The minimum Gasteiger partial charge on any atom is -0.459 e. The van der Waals surface area contributed by atoms with E-state index in [4.69, 9.17) is 4.42 Å².